The molecule has 0 bridgehead atoms. The first-order chi connectivity index (χ1) is 14.1. The topological polar surface area (TPSA) is 66.9 Å². The van der Waals surface area contributed by atoms with E-state index in [4.69, 9.17) is 11.6 Å². The largest absolute Gasteiger partial charge is 0.434 e. The number of aromatic nitrogens is 2. The van der Waals surface area contributed by atoms with Crippen LogP contribution in [0, 0.1) is 11.6 Å². The van der Waals surface area contributed by atoms with Gasteiger partial charge in [-0.2, -0.15) is 13.2 Å². The normalized spacial score (nSPS) is 11.3. The van der Waals surface area contributed by atoms with Crippen molar-refractivity contribution < 1.29 is 26.7 Å². The number of anilines is 2. The molecule has 0 atom stereocenters. The number of carbonyl (C=O) groups is 1. The average molecular weight is 443 g/mol. The number of hydrogen-bond acceptors (Lipinski definition) is 4. The standard InChI is InChI=1S/C19H12ClF5N4O/c20-11-3-6-14(22)15(7-11)28-18-27-9-13(16(29-18)19(23,24)25)17(30)26-8-10-1-4-12(21)5-2-10/h1-7,9H,8H2,(H,26,30)(H,27,28,29). The molecule has 156 valence electrons. The molecule has 0 aliphatic carbocycles. The molecule has 1 heterocycles. The van der Waals surface area contributed by atoms with Gasteiger partial charge in [0.25, 0.3) is 5.91 Å². The molecule has 2 N–H and O–H groups in total. The minimum absolute atomic E-state index is 0.135. The molecule has 1 amide bonds. The van der Waals surface area contributed by atoms with Gasteiger partial charge in [-0.05, 0) is 35.9 Å². The van der Waals surface area contributed by atoms with E-state index >= 15 is 0 Å². The summed E-state index contributed by atoms with van der Waals surface area (Å²) in [5.41, 5.74) is -2.07. The number of alkyl halides is 3. The second-order valence-corrected chi connectivity index (χ2v) is 6.45. The van der Waals surface area contributed by atoms with Crippen LogP contribution in [0.15, 0.2) is 48.7 Å². The van der Waals surface area contributed by atoms with Crippen LogP contribution < -0.4 is 10.6 Å². The van der Waals surface area contributed by atoms with E-state index in [1.165, 1.54) is 18.2 Å². The van der Waals surface area contributed by atoms with E-state index in [1.807, 2.05) is 0 Å². The Morgan fingerprint density at radius 2 is 1.77 bits per heavy atom. The van der Waals surface area contributed by atoms with Crippen LogP contribution in [0.2, 0.25) is 5.02 Å². The third kappa shape index (κ3) is 5.20. The molecule has 0 saturated carbocycles. The SMILES string of the molecule is O=C(NCc1ccc(F)cc1)c1cnc(Nc2cc(Cl)ccc2F)nc1C(F)(F)F. The number of halogens is 6. The van der Waals surface area contributed by atoms with Crippen molar-refractivity contribution in [2.45, 2.75) is 12.7 Å². The molecule has 0 fully saturated rings. The van der Waals surface area contributed by atoms with Gasteiger partial charge < -0.3 is 10.6 Å². The van der Waals surface area contributed by atoms with Gasteiger partial charge in [0.1, 0.15) is 11.6 Å². The lowest BCUT2D eigenvalue weighted by molar-refractivity contribution is -0.141. The Hall–Kier alpha value is -3.27. The van der Waals surface area contributed by atoms with Crippen molar-refractivity contribution in [1.29, 1.82) is 0 Å². The van der Waals surface area contributed by atoms with Crippen LogP contribution in [-0.4, -0.2) is 15.9 Å². The van der Waals surface area contributed by atoms with Crippen LogP contribution >= 0.6 is 11.6 Å². The fourth-order valence-electron chi connectivity index (χ4n) is 2.42. The summed E-state index contributed by atoms with van der Waals surface area (Å²) in [6.45, 7) is -0.135. The Morgan fingerprint density at radius 1 is 1.07 bits per heavy atom. The number of amides is 1. The van der Waals surface area contributed by atoms with Crippen molar-refractivity contribution in [3.8, 4) is 0 Å². The summed E-state index contributed by atoms with van der Waals surface area (Å²) in [4.78, 5) is 19.3. The Bertz CT molecular complexity index is 1070. The van der Waals surface area contributed by atoms with E-state index in [9.17, 15) is 26.7 Å². The van der Waals surface area contributed by atoms with Crippen molar-refractivity contribution in [3.63, 3.8) is 0 Å². The number of carbonyl (C=O) groups excluding carboxylic acids is 1. The maximum Gasteiger partial charge on any atom is 0.434 e. The fraction of sp³-hybridized carbons (Fsp3) is 0.105. The second-order valence-electron chi connectivity index (χ2n) is 6.01. The third-order valence-corrected chi connectivity index (χ3v) is 4.08. The van der Waals surface area contributed by atoms with E-state index in [-0.39, 0.29) is 17.3 Å². The summed E-state index contributed by atoms with van der Waals surface area (Å²) in [6.07, 6.45) is -4.30. The van der Waals surface area contributed by atoms with Gasteiger partial charge in [0, 0.05) is 17.8 Å². The Kier molecular flexibility index (Phi) is 6.16. The van der Waals surface area contributed by atoms with Gasteiger partial charge in [0.05, 0.1) is 11.3 Å². The highest BCUT2D eigenvalue weighted by Gasteiger charge is 2.38. The van der Waals surface area contributed by atoms with E-state index in [2.05, 4.69) is 20.6 Å². The van der Waals surface area contributed by atoms with Crippen LogP contribution in [0.25, 0.3) is 0 Å². The van der Waals surface area contributed by atoms with Crippen molar-refractivity contribution in [3.05, 3.63) is 82.1 Å². The highest BCUT2D eigenvalue weighted by Crippen LogP contribution is 2.31. The van der Waals surface area contributed by atoms with Crippen molar-refractivity contribution in [1.82, 2.24) is 15.3 Å². The van der Waals surface area contributed by atoms with Crippen molar-refractivity contribution in [2.24, 2.45) is 0 Å². The second kappa shape index (κ2) is 8.62. The summed E-state index contributed by atoms with van der Waals surface area (Å²) < 4.78 is 67.0. The maximum absolute atomic E-state index is 13.8. The summed E-state index contributed by atoms with van der Waals surface area (Å²) in [5, 5.41) is 4.74. The molecule has 11 heteroatoms. The molecule has 1 aromatic heterocycles. The van der Waals surface area contributed by atoms with Crippen LogP contribution in [0.1, 0.15) is 21.6 Å². The van der Waals surface area contributed by atoms with Crippen LogP contribution in [-0.2, 0) is 12.7 Å². The van der Waals surface area contributed by atoms with Gasteiger partial charge in [-0.1, -0.05) is 23.7 Å². The summed E-state index contributed by atoms with van der Waals surface area (Å²) >= 11 is 5.75. The molecule has 2 aromatic carbocycles. The maximum atomic E-state index is 13.8. The molecule has 0 spiro atoms. The Balaban J connectivity index is 1.84. The lowest BCUT2D eigenvalue weighted by Crippen LogP contribution is -2.27. The third-order valence-electron chi connectivity index (χ3n) is 3.84. The Labute approximate surface area is 171 Å². The lowest BCUT2D eigenvalue weighted by Gasteiger charge is -2.14. The van der Waals surface area contributed by atoms with Gasteiger partial charge in [0.2, 0.25) is 5.95 Å². The molecule has 0 aliphatic rings. The average Bonchev–Trinajstić information content (AvgIpc) is 2.69. The predicted octanol–water partition coefficient (Wildman–Crippen LogP) is 5.10. The number of benzene rings is 2. The highest BCUT2D eigenvalue weighted by atomic mass is 35.5. The molecule has 0 unspecified atom stereocenters. The minimum atomic E-state index is -4.98. The molecular weight excluding hydrogens is 431 g/mol. The van der Waals surface area contributed by atoms with Gasteiger partial charge in [-0.25, -0.2) is 18.7 Å². The first kappa shape index (κ1) is 21.4. The van der Waals surface area contributed by atoms with E-state index < -0.39 is 40.9 Å². The van der Waals surface area contributed by atoms with E-state index in [0.29, 0.717) is 11.8 Å². The minimum Gasteiger partial charge on any atom is -0.348 e. The molecule has 0 radical (unpaired) electrons. The van der Waals surface area contributed by atoms with E-state index in [1.54, 1.807) is 0 Å². The zero-order valence-electron chi connectivity index (χ0n) is 14.9. The van der Waals surface area contributed by atoms with E-state index in [0.717, 1.165) is 24.3 Å². The first-order valence-electron chi connectivity index (χ1n) is 8.32. The Morgan fingerprint density at radius 3 is 2.43 bits per heavy atom. The summed E-state index contributed by atoms with van der Waals surface area (Å²) in [6, 6.07) is 8.50. The zero-order valence-corrected chi connectivity index (χ0v) is 15.7. The molecule has 3 rings (SSSR count). The summed E-state index contributed by atoms with van der Waals surface area (Å²) in [7, 11) is 0. The van der Waals surface area contributed by atoms with Crippen LogP contribution in [0.5, 0.6) is 0 Å². The van der Waals surface area contributed by atoms with Gasteiger partial charge in [-0.15, -0.1) is 0 Å². The monoisotopic (exact) mass is 442 g/mol. The number of rotatable bonds is 5. The number of nitrogens with zero attached hydrogens (tertiary/aromatic N) is 2. The number of nitrogens with one attached hydrogen (secondary N) is 2. The molecule has 30 heavy (non-hydrogen) atoms. The molecular formula is C19H12ClF5N4O. The van der Waals surface area contributed by atoms with Crippen LogP contribution in [0.3, 0.4) is 0 Å². The molecule has 0 saturated heterocycles. The van der Waals surface area contributed by atoms with Crippen LogP contribution in [0.4, 0.5) is 33.6 Å². The van der Waals surface area contributed by atoms with Crippen molar-refractivity contribution in [2.75, 3.05) is 5.32 Å². The summed E-state index contributed by atoms with van der Waals surface area (Å²) in [5.74, 6) is -2.92. The smallest absolute Gasteiger partial charge is 0.348 e. The molecule has 5 nitrogen and oxygen atoms in total. The molecule has 3 aromatic rings. The van der Waals surface area contributed by atoms with Crippen molar-refractivity contribution >= 4 is 29.1 Å². The van der Waals surface area contributed by atoms with Gasteiger partial charge >= 0.3 is 6.18 Å². The molecule has 0 aliphatic heterocycles. The zero-order chi connectivity index (χ0) is 21.9. The first-order valence-corrected chi connectivity index (χ1v) is 8.70. The van der Waals surface area contributed by atoms with Gasteiger partial charge in [-0.3, -0.25) is 4.79 Å². The fourth-order valence-corrected chi connectivity index (χ4v) is 2.59. The lowest BCUT2D eigenvalue weighted by atomic mass is 10.2. The highest BCUT2D eigenvalue weighted by molar-refractivity contribution is 6.30. The predicted molar refractivity (Wildman–Crippen MR) is 99.3 cm³/mol. The number of hydrogen-bond donors (Lipinski definition) is 2. The quantitative estimate of drug-likeness (QED) is 0.539. The van der Waals surface area contributed by atoms with Gasteiger partial charge in [0.15, 0.2) is 5.69 Å².